The lowest BCUT2D eigenvalue weighted by Gasteiger charge is -2.26. The molecule has 9 heteroatoms. The van der Waals surface area contributed by atoms with Gasteiger partial charge in [0, 0.05) is 29.4 Å². The van der Waals surface area contributed by atoms with E-state index in [1.807, 2.05) is 17.9 Å². The Balaban J connectivity index is 1.62. The van der Waals surface area contributed by atoms with Crippen LogP contribution >= 0.6 is 8.38 Å². The molecular weight excluding hydrogens is 413 g/mol. The van der Waals surface area contributed by atoms with Gasteiger partial charge in [0.25, 0.3) is 5.91 Å². The van der Waals surface area contributed by atoms with Crippen molar-refractivity contribution in [3.63, 3.8) is 0 Å². The van der Waals surface area contributed by atoms with Crippen LogP contribution in [0.5, 0.6) is 0 Å². The topological polar surface area (TPSA) is 122 Å². The van der Waals surface area contributed by atoms with Crippen molar-refractivity contribution < 1.29 is 14.6 Å². The second-order valence-electron chi connectivity index (χ2n) is 7.15. The average molecular weight is 433 g/mol. The monoisotopic (exact) mass is 433 g/mol. The number of nitrogens with zero attached hydrogens (tertiary/aromatic N) is 3. The van der Waals surface area contributed by atoms with Crippen LogP contribution in [0.4, 0.5) is 17.1 Å². The molecule has 1 aliphatic rings. The Hall–Kier alpha value is -3.50. The number of hydrogen-bond donors (Lipinski definition) is 4. The molecule has 0 spiro atoms. The first-order valence-corrected chi connectivity index (χ1v) is 10.8. The first kappa shape index (κ1) is 20.8. The molecular formula is C22H20N5O3P. The van der Waals surface area contributed by atoms with Crippen molar-refractivity contribution in [2.45, 2.75) is 19.6 Å². The molecule has 1 amide bonds. The lowest BCUT2D eigenvalue weighted by molar-refractivity contribution is -0.116. The Morgan fingerprint density at radius 1 is 1.23 bits per heavy atom. The van der Waals surface area contributed by atoms with E-state index in [2.05, 4.69) is 21.7 Å². The lowest BCUT2D eigenvalue weighted by atomic mass is 10.1. The van der Waals surface area contributed by atoms with E-state index in [0.717, 1.165) is 16.9 Å². The zero-order valence-electron chi connectivity index (χ0n) is 16.6. The van der Waals surface area contributed by atoms with Crippen LogP contribution < -0.4 is 20.8 Å². The molecule has 31 heavy (non-hydrogen) atoms. The summed E-state index contributed by atoms with van der Waals surface area (Å²) in [5.41, 5.74) is 4.36. The minimum Gasteiger partial charge on any atom is -0.356 e. The minimum atomic E-state index is -2.15. The van der Waals surface area contributed by atoms with Gasteiger partial charge in [-0.25, -0.2) is 0 Å². The van der Waals surface area contributed by atoms with Crippen molar-refractivity contribution in [3.05, 3.63) is 77.6 Å². The highest BCUT2D eigenvalue weighted by Gasteiger charge is 2.34. The minimum absolute atomic E-state index is 0.244. The summed E-state index contributed by atoms with van der Waals surface area (Å²) in [4.78, 5) is 37.9. The van der Waals surface area contributed by atoms with E-state index in [1.54, 1.807) is 54.7 Å². The van der Waals surface area contributed by atoms with Crippen molar-refractivity contribution >= 4 is 36.6 Å². The number of hydrogen-bond acceptors (Lipinski definition) is 7. The summed E-state index contributed by atoms with van der Waals surface area (Å²) in [5.74, 6) is -0.244. The zero-order chi connectivity index (χ0) is 22.0. The Morgan fingerprint density at radius 2 is 2.00 bits per heavy atom. The fourth-order valence-electron chi connectivity index (χ4n) is 3.48. The van der Waals surface area contributed by atoms with Gasteiger partial charge in [0.15, 0.2) is 14.5 Å². The van der Waals surface area contributed by atoms with Gasteiger partial charge in [-0.05, 0) is 55.0 Å². The SMILES string of the molecule is Cc1cc(NC(=O)C2Nc3cc(C#N)ccc3N2Cc2ccc(P(O)O)cc2)ccn1. The number of carbonyl (C=O) groups excluding carboxylic acids is 1. The van der Waals surface area contributed by atoms with Crippen molar-refractivity contribution in [2.75, 3.05) is 15.5 Å². The van der Waals surface area contributed by atoms with Crippen molar-refractivity contribution in [1.82, 2.24) is 4.98 Å². The number of aryl methyl sites for hydroxylation is 1. The maximum atomic E-state index is 13.1. The molecule has 4 N–H and O–H groups in total. The molecule has 0 saturated carbocycles. The van der Waals surface area contributed by atoms with E-state index in [-0.39, 0.29) is 5.91 Å². The maximum Gasteiger partial charge on any atom is 0.267 e. The van der Waals surface area contributed by atoms with Crippen LogP contribution in [0.25, 0.3) is 0 Å². The first-order chi connectivity index (χ1) is 14.9. The van der Waals surface area contributed by atoms with Crippen LogP contribution in [-0.2, 0) is 11.3 Å². The summed E-state index contributed by atoms with van der Waals surface area (Å²) in [6.07, 6.45) is 0.946. The fourth-order valence-corrected chi connectivity index (χ4v) is 3.90. The number of fused-ring (bicyclic) bond motifs is 1. The molecule has 0 aliphatic carbocycles. The van der Waals surface area contributed by atoms with E-state index in [9.17, 15) is 19.8 Å². The molecule has 0 radical (unpaired) electrons. The number of nitrogens with one attached hydrogen (secondary N) is 2. The van der Waals surface area contributed by atoms with Crippen LogP contribution in [-0.4, -0.2) is 26.8 Å². The van der Waals surface area contributed by atoms with Gasteiger partial charge < -0.3 is 25.3 Å². The predicted molar refractivity (Wildman–Crippen MR) is 120 cm³/mol. The van der Waals surface area contributed by atoms with Gasteiger partial charge in [-0.3, -0.25) is 9.78 Å². The lowest BCUT2D eigenvalue weighted by Crippen LogP contribution is -2.45. The third-order valence-electron chi connectivity index (χ3n) is 4.97. The highest BCUT2D eigenvalue weighted by molar-refractivity contribution is 7.54. The second kappa shape index (κ2) is 8.70. The molecule has 1 aromatic heterocycles. The molecule has 1 aliphatic heterocycles. The molecule has 1 unspecified atom stereocenters. The maximum absolute atomic E-state index is 13.1. The van der Waals surface area contributed by atoms with E-state index in [4.69, 9.17) is 0 Å². The average Bonchev–Trinajstić information content (AvgIpc) is 3.11. The third-order valence-corrected chi connectivity index (χ3v) is 5.73. The molecule has 2 heterocycles. The van der Waals surface area contributed by atoms with Crippen molar-refractivity contribution in [3.8, 4) is 6.07 Å². The summed E-state index contributed by atoms with van der Waals surface area (Å²) >= 11 is 0. The van der Waals surface area contributed by atoms with Crippen molar-refractivity contribution in [2.24, 2.45) is 0 Å². The van der Waals surface area contributed by atoms with E-state index >= 15 is 0 Å². The first-order valence-electron chi connectivity index (χ1n) is 9.52. The van der Waals surface area contributed by atoms with Crippen LogP contribution in [0.2, 0.25) is 0 Å². The molecule has 0 bridgehead atoms. The number of pyridine rings is 1. The van der Waals surface area contributed by atoms with Gasteiger partial charge in [-0.15, -0.1) is 0 Å². The van der Waals surface area contributed by atoms with Gasteiger partial charge in [0.05, 0.1) is 23.0 Å². The van der Waals surface area contributed by atoms with Crippen LogP contribution in [0.3, 0.4) is 0 Å². The number of nitriles is 1. The van der Waals surface area contributed by atoms with E-state index in [0.29, 0.717) is 28.8 Å². The summed E-state index contributed by atoms with van der Waals surface area (Å²) in [6.45, 7) is 2.26. The molecule has 8 nitrogen and oxygen atoms in total. The molecule has 0 saturated heterocycles. The second-order valence-corrected chi connectivity index (χ2v) is 8.24. The largest absolute Gasteiger partial charge is 0.356 e. The number of benzene rings is 2. The molecule has 0 fully saturated rings. The fraction of sp³-hybridized carbons (Fsp3) is 0.136. The normalized spacial score (nSPS) is 14.7. The van der Waals surface area contributed by atoms with E-state index < -0.39 is 14.5 Å². The summed E-state index contributed by atoms with van der Waals surface area (Å²) < 4.78 is 0. The molecule has 3 aromatic rings. The number of aromatic nitrogens is 1. The number of anilines is 3. The smallest absolute Gasteiger partial charge is 0.267 e. The summed E-state index contributed by atoms with van der Waals surface area (Å²) in [6, 6.07) is 17.8. The molecule has 1 atom stereocenters. The van der Waals surface area contributed by atoms with Gasteiger partial charge in [-0.1, -0.05) is 12.1 Å². The van der Waals surface area contributed by atoms with Crippen LogP contribution in [0, 0.1) is 18.3 Å². The van der Waals surface area contributed by atoms with Crippen LogP contribution in [0.1, 0.15) is 16.8 Å². The van der Waals surface area contributed by atoms with Gasteiger partial charge in [0.1, 0.15) is 0 Å². The highest BCUT2D eigenvalue weighted by atomic mass is 31.2. The molecule has 2 aromatic carbocycles. The Kier molecular flexibility index (Phi) is 5.83. The standard InChI is InChI=1S/C22H20N5O3P/c1-14-10-17(8-9-24-14)25-22(28)21-26-19-11-16(12-23)4-7-20(19)27(21)13-15-2-5-18(6-3-15)31(29)30/h2-11,21,26,29-30H,13H2,1H3,(H,24,25,28). The number of rotatable bonds is 5. The quantitative estimate of drug-likeness (QED) is 0.456. The molecule has 4 rings (SSSR count). The highest BCUT2D eigenvalue weighted by Crippen LogP contribution is 2.37. The predicted octanol–water partition coefficient (Wildman–Crippen LogP) is 2.58. The van der Waals surface area contributed by atoms with E-state index in [1.165, 1.54) is 0 Å². The molecule has 156 valence electrons. The number of carbonyl (C=O) groups is 1. The summed E-state index contributed by atoms with van der Waals surface area (Å²) in [7, 11) is -2.15. The Morgan fingerprint density at radius 3 is 2.68 bits per heavy atom. The van der Waals surface area contributed by atoms with Crippen molar-refractivity contribution in [1.29, 1.82) is 5.26 Å². The Labute approximate surface area is 180 Å². The van der Waals surface area contributed by atoms with Gasteiger partial charge >= 0.3 is 0 Å². The zero-order valence-corrected chi connectivity index (χ0v) is 17.5. The third kappa shape index (κ3) is 4.49. The van der Waals surface area contributed by atoms with Crippen LogP contribution in [0.15, 0.2) is 60.8 Å². The van der Waals surface area contributed by atoms with Gasteiger partial charge in [0.2, 0.25) is 0 Å². The number of amides is 1. The van der Waals surface area contributed by atoms with Gasteiger partial charge in [-0.2, -0.15) is 5.26 Å². The Bertz CT molecular complexity index is 1160. The summed E-state index contributed by atoms with van der Waals surface area (Å²) in [5, 5.41) is 15.8.